The highest BCUT2D eigenvalue weighted by atomic mass is 16.5. The second-order valence-electron chi connectivity index (χ2n) is 8.71. The minimum atomic E-state index is -0.0573. The van der Waals surface area contributed by atoms with Gasteiger partial charge >= 0.3 is 0 Å². The average molecular weight is 412 g/mol. The number of benzene rings is 1. The lowest BCUT2D eigenvalue weighted by Gasteiger charge is -2.33. The maximum Gasteiger partial charge on any atom is 0.244 e. The van der Waals surface area contributed by atoms with Crippen LogP contribution in [0.25, 0.3) is 6.08 Å². The van der Waals surface area contributed by atoms with Gasteiger partial charge in [-0.3, -0.25) is 14.5 Å². The molecule has 6 heteroatoms. The third-order valence-corrected chi connectivity index (χ3v) is 6.45. The lowest BCUT2D eigenvalue weighted by atomic mass is 10.1. The summed E-state index contributed by atoms with van der Waals surface area (Å²) in [7, 11) is 0. The third-order valence-electron chi connectivity index (χ3n) is 6.45. The van der Waals surface area contributed by atoms with Crippen LogP contribution in [0.15, 0.2) is 36.4 Å². The van der Waals surface area contributed by atoms with E-state index < -0.39 is 0 Å². The van der Waals surface area contributed by atoms with Crippen molar-refractivity contribution in [1.82, 2.24) is 15.1 Å². The maximum atomic E-state index is 12.8. The van der Waals surface area contributed by atoms with Gasteiger partial charge in [-0.05, 0) is 43.2 Å². The first kappa shape index (κ1) is 21.1. The van der Waals surface area contributed by atoms with E-state index >= 15 is 0 Å². The molecular formula is C24H33N3O3. The van der Waals surface area contributed by atoms with E-state index in [1.165, 1.54) is 12.8 Å². The zero-order chi connectivity index (χ0) is 20.8. The molecule has 1 aromatic rings. The van der Waals surface area contributed by atoms with Crippen molar-refractivity contribution >= 4 is 17.9 Å². The molecule has 4 rings (SSSR count). The van der Waals surface area contributed by atoms with E-state index in [1.807, 2.05) is 41.3 Å². The lowest BCUT2D eigenvalue weighted by Crippen LogP contribution is -2.47. The molecule has 3 fully saturated rings. The van der Waals surface area contributed by atoms with Crippen molar-refractivity contribution in [2.24, 2.45) is 5.92 Å². The van der Waals surface area contributed by atoms with Crippen molar-refractivity contribution < 1.29 is 14.3 Å². The fraction of sp³-hybridized carbons (Fsp3) is 0.583. The van der Waals surface area contributed by atoms with Gasteiger partial charge in [-0.2, -0.15) is 0 Å². The Balaban J connectivity index is 1.29. The summed E-state index contributed by atoms with van der Waals surface area (Å²) in [5, 5.41) is 3.08. The van der Waals surface area contributed by atoms with Crippen molar-refractivity contribution in [3.05, 3.63) is 42.0 Å². The predicted molar refractivity (Wildman–Crippen MR) is 117 cm³/mol. The molecule has 0 radical (unpaired) electrons. The third kappa shape index (κ3) is 5.92. The van der Waals surface area contributed by atoms with Crippen molar-refractivity contribution in [3.8, 4) is 0 Å². The van der Waals surface area contributed by atoms with Crippen LogP contribution >= 0.6 is 0 Å². The summed E-state index contributed by atoms with van der Waals surface area (Å²) in [6.45, 7) is 4.41. The van der Waals surface area contributed by atoms with E-state index in [0.717, 1.165) is 30.9 Å². The first-order chi connectivity index (χ1) is 14.7. The summed E-state index contributed by atoms with van der Waals surface area (Å²) < 4.78 is 5.37. The molecule has 3 aliphatic rings. The Labute approximate surface area is 179 Å². The second-order valence-corrected chi connectivity index (χ2v) is 8.71. The number of ether oxygens (including phenoxy) is 1. The van der Waals surface area contributed by atoms with E-state index in [4.69, 9.17) is 4.74 Å². The lowest BCUT2D eigenvalue weighted by molar-refractivity contribution is -0.136. The van der Waals surface area contributed by atoms with Crippen LogP contribution in [-0.4, -0.2) is 73.1 Å². The molecule has 1 aromatic carbocycles. The second kappa shape index (κ2) is 10.2. The number of nitrogens with one attached hydrogen (secondary N) is 1. The SMILES string of the molecule is O=C(C=Cc1ccccc1)NC[C@@H]1CC[C@H](CC(=O)N2CCOCC2)N1CC1CC1. The molecule has 0 unspecified atom stereocenters. The van der Waals surface area contributed by atoms with Crippen LogP contribution in [0.3, 0.4) is 0 Å². The number of hydrogen-bond donors (Lipinski definition) is 1. The number of carbonyl (C=O) groups excluding carboxylic acids is 2. The molecule has 1 aliphatic carbocycles. The fourth-order valence-electron chi connectivity index (χ4n) is 4.51. The summed E-state index contributed by atoms with van der Waals surface area (Å²) in [6, 6.07) is 10.5. The van der Waals surface area contributed by atoms with Gasteiger partial charge in [0.15, 0.2) is 0 Å². The van der Waals surface area contributed by atoms with Crippen LogP contribution < -0.4 is 5.32 Å². The zero-order valence-electron chi connectivity index (χ0n) is 17.7. The Hall–Kier alpha value is -2.18. The molecule has 0 bridgehead atoms. The van der Waals surface area contributed by atoms with Gasteiger partial charge < -0.3 is 15.0 Å². The van der Waals surface area contributed by atoms with Crippen LogP contribution in [0.5, 0.6) is 0 Å². The molecule has 1 saturated carbocycles. The largest absolute Gasteiger partial charge is 0.378 e. The van der Waals surface area contributed by atoms with Gasteiger partial charge in [0.05, 0.1) is 13.2 Å². The van der Waals surface area contributed by atoms with Gasteiger partial charge in [0.2, 0.25) is 11.8 Å². The van der Waals surface area contributed by atoms with Gasteiger partial charge in [0.25, 0.3) is 0 Å². The highest BCUT2D eigenvalue weighted by molar-refractivity contribution is 5.91. The Morgan fingerprint density at radius 1 is 1.03 bits per heavy atom. The average Bonchev–Trinajstić information content (AvgIpc) is 3.53. The first-order valence-corrected chi connectivity index (χ1v) is 11.3. The molecule has 2 heterocycles. The number of likely N-dealkylation sites (tertiary alicyclic amines) is 1. The van der Waals surface area contributed by atoms with Crippen molar-refractivity contribution in [2.45, 2.75) is 44.2 Å². The number of carbonyl (C=O) groups is 2. The Morgan fingerprint density at radius 2 is 1.77 bits per heavy atom. The summed E-state index contributed by atoms with van der Waals surface area (Å²) in [5.41, 5.74) is 1.02. The van der Waals surface area contributed by atoms with E-state index in [9.17, 15) is 9.59 Å². The molecule has 1 N–H and O–H groups in total. The van der Waals surface area contributed by atoms with Crippen LogP contribution in [0, 0.1) is 5.92 Å². The smallest absolute Gasteiger partial charge is 0.244 e. The van der Waals surface area contributed by atoms with Gasteiger partial charge in [-0.15, -0.1) is 0 Å². The molecule has 2 amide bonds. The molecule has 6 nitrogen and oxygen atoms in total. The monoisotopic (exact) mass is 411 g/mol. The van der Waals surface area contributed by atoms with Gasteiger partial charge in [0, 0.05) is 50.8 Å². The first-order valence-electron chi connectivity index (χ1n) is 11.3. The van der Waals surface area contributed by atoms with E-state index in [1.54, 1.807) is 6.08 Å². The summed E-state index contributed by atoms with van der Waals surface area (Å²) in [6.07, 6.45) is 8.69. The molecule has 2 aliphatic heterocycles. The number of rotatable bonds is 8. The van der Waals surface area contributed by atoms with Crippen molar-refractivity contribution in [3.63, 3.8) is 0 Å². The minimum Gasteiger partial charge on any atom is -0.378 e. The topological polar surface area (TPSA) is 61.9 Å². The van der Waals surface area contributed by atoms with Gasteiger partial charge in [-0.1, -0.05) is 30.3 Å². The maximum absolute atomic E-state index is 12.8. The Kier molecular flexibility index (Phi) is 7.18. The zero-order valence-corrected chi connectivity index (χ0v) is 17.7. The van der Waals surface area contributed by atoms with Crippen LogP contribution in [0.1, 0.15) is 37.7 Å². The Bertz CT molecular complexity index is 741. The highest BCUT2D eigenvalue weighted by Gasteiger charge is 2.38. The van der Waals surface area contributed by atoms with Gasteiger partial charge in [0.1, 0.15) is 0 Å². The van der Waals surface area contributed by atoms with Crippen molar-refractivity contribution in [2.75, 3.05) is 39.4 Å². The fourth-order valence-corrected chi connectivity index (χ4v) is 4.51. The van der Waals surface area contributed by atoms with Crippen molar-refractivity contribution in [1.29, 1.82) is 0 Å². The van der Waals surface area contributed by atoms with Crippen LogP contribution in [0.4, 0.5) is 0 Å². The molecule has 0 aromatic heterocycles. The summed E-state index contributed by atoms with van der Waals surface area (Å²) in [5.74, 6) is 0.956. The van der Waals surface area contributed by atoms with Gasteiger partial charge in [-0.25, -0.2) is 0 Å². The molecule has 162 valence electrons. The standard InChI is InChI=1S/C24H33N3O3/c28-23(11-8-19-4-2-1-3-5-19)25-17-22-10-9-21(27(22)18-20-6-7-20)16-24(29)26-12-14-30-15-13-26/h1-5,8,11,20-22H,6-7,9-10,12-18H2,(H,25,28)/t21-,22+/m1/s1. The quantitative estimate of drug-likeness (QED) is 0.667. The van der Waals surface area contributed by atoms with E-state index in [-0.39, 0.29) is 11.8 Å². The number of morpholine rings is 1. The summed E-state index contributed by atoms with van der Waals surface area (Å²) >= 11 is 0. The molecule has 2 atom stereocenters. The minimum absolute atomic E-state index is 0.0573. The molecule has 0 spiro atoms. The normalized spacial score (nSPS) is 25.0. The number of amides is 2. The molecule has 30 heavy (non-hydrogen) atoms. The Morgan fingerprint density at radius 3 is 2.50 bits per heavy atom. The molecular weight excluding hydrogens is 378 g/mol. The predicted octanol–water partition coefficient (Wildman–Crippen LogP) is 2.31. The number of nitrogens with zero attached hydrogens (tertiary/aromatic N) is 2. The van der Waals surface area contributed by atoms with E-state index in [2.05, 4.69) is 10.2 Å². The van der Waals surface area contributed by atoms with Crippen LogP contribution in [-0.2, 0) is 14.3 Å². The van der Waals surface area contributed by atoms with Crippen LogP contribution in [0.2, 0.25) is 0 Å². The molecule has 2 saturated heterocycles. The van der Waals surface area contributed by atoms with E-state index in [0.29, 0.717) is 51.4 Å². The number of hydrogen-bond acceptors (Lipinski definition) is 4. The highest BCUT2D eigenvalue weighted by Crippen LogP contribution is 2.35. The summed E-state index contributed by atoms with van der Waals surface area (Å²) in [4.78, 5) is 29.5.